The highest BCUT2D eigenvalue weighted by atomic mass is 35.5. The van der Waals surface area contributed by atoms with E-state index in [-0.39, 0.29) is 11.0 Å². The number of sulfone groups is 1. The molecule has 0 saturated carbocycles. The molecule has 6 nitrogen and oxygen atoms in total. The van der Waals surface area contributed by atoms with Gasteiger partial charge in [0.25, 0.3) is 0 Å². The normalized spacial score (nSPS) is 13.2. The van der Waals surface area contributed by atoms with E-state index in [4.69, 9.17) is 11.6 Å². The summed E-state index contributed by atoms with van der Waals surface area (Å²) < 4.78 is 23.8. The van der Waals surface area contributed by atoms with Crippen molar-refractivity contribution in [2.75, 3.05) is 6.26 Å². The maximum atomic E-state index is 11.8. The van der Waals surface area contributed by atoms with E-state index in [0.29, 0.717) is 5.65 Å². The zero-order chi connectivity index (χ0) is 12.8. The summed E-state index contributed by atoms with van der Waals surface area (Å²) in [5.41, 5.74) is 0.421. The van der Waals surface area contributed by atoms with Gasteiger partial charge in [-0.1, -0.05) is 11.6 Å². The van der Waals surface area contributed by atoms with Gasteiger partial charge in [-0.2, -0.15) is 0 Å². The molecule has 0 fully saturated rings. The molecule has 0 atom stereocenters. The Bertz CT molecular complexity index is 677. The second-order valence-electron chi connectivity index (χ2n) is 4.23. The molecule has 0 amide bonds. The van der Waals surface area contributed by atoms with E-state index in [0.717, 1.165) is 6.26 Å². The average molecular weight is 275 g/mol. The fourth-order valence-electron chi connectivity index (χ4n) is 1.37. The molecule has 0 bridgehead atoms. The molecule has 0 aliphatic heterocycles. The molecular formula is C9H11ClN4O2S. The predicted molar refractivity (Wildman–Crippen MR) is 63.7 cm³/mol. The maximum Gasteiger partial charge on any atom is 0.180 e. The molecule has 0 aliphatic carbocycles. The molecule has 0 aromatic carbocycles. The molecule has 2 rings (SSSR count). The number of fused-ring (bicyclic) bond motifs is 1. The first-order valence-corrected chi connectivity index (χ1v) is 7.07. The number of hydrogen-bond acceptors (Lipinski definition) is 5. The van der Waals surface area contributed by atoms with Crippen molar-refractivity contribution >= 4 is 27.1 Å². The van der Waals surface area contributed by atoms with Gasteiger partial charge in [0.2, 0.25) is 0 Å². The van der Waals surface area contributed by atoms with Gasteiger partial charge in [0.05, 0.1) is 12.4 Å². The van der Waals surface area contributed by atoms with E-state index < -0.39 is 14.6 Å². The number of rotatable bonds is 2. The van der Waals surface area contributed by atoms with Crippen LogP contribution in [0.25, 0.3) is 5.65 Å². The molecule has 2 aromatic heterocycles. The van der Waals surface area contributed by atoms with Crippen LogP contribution in [0.5, 0.6) is 0 Å². The first-order valence-electron chi connectivity index (χ1n) is 4.80. The number of aromatic nitrogens is 4. The van der Waals surface area contributed by atoms with Crippen molar-refractivity contribution < 1.29 is 8.42 Å². The van der Waals surface area contributed by atoms with Crippen LogP contribution in [0, 0.1) is 0 Å². The van der Waals surface area contributed by atoms with Gasteiger partial charge in [-0.3, -0.25) is 9.38 Å². The van der Waals surface area contributed by atoms with E-state index in [1.165, 1.54) is 16.8 Å². The Labute approximate surface area is 104 Å². The Morgan fingerprint density at radius 1 is 1.29 bits per heavy atom. The zero-order valence-electron chi connectivity index (χ0n) is 9.55. The second kappa shape index (κ2) is 3.64. The van der Waals surface area contributed by atoms with Gasteiger partial charge in [0.1, 0.15) is 9.90 Å². The minimum absolute atomic E-state index is 0.277. The van der Waals surface area contributed by atoms with E-state index in [1.807, 2.05) is 0 Å². The standard InChI is InChI=1S/C9H11ClN4O2S/c1-9(2,17(3,15)16)8-13-12-7-5-11-4-6(10)14(7)8/h4-5H,1-3H3. The molecule has 0 saturated heterocycles. The fourth-order valence-corrected chi connectivity index (χ4v) is 2.06. The largest absolute Gasteiger partial charge is 0.265 e. The summed E-state index contributed by atoms with van der Waals surface area (Å²) >= 11 is 5.99. The fraction of sp³-hybridized carbons (Fsp3) is 0.444. The van der Waals surface area contributed by atoms with Gasteiger partial charge >= 0.3 is 0 Å². The SMILES string of the molecule is CC(C)(c1nnc2cncc(Cl)n12)S(C)(=O)=O. The third-order valence-electron chi connectivity index (χ3n) is 2.74. The molecule has 0 radical (unpaired) electrons. The quantitative estimate of drug-likeness (QED) is 0.818. The first-order chi connectivity index (χ1) is 7.75. The summed E-state index contributed by atoms with van der Waals surface area (Å²) in [6, 6.07) is 0. The second-order valence-corrected chi connectivity index (χ2v) is 7.18. The monoisotopic (exact) mass is 274 g/mol. The Morgan fingerprint density at radius 3 is 2.53 bits per heavy atom. The minimum Gasteiger partial charge on any atom is -0.265 e. The topological polar surface area (TPSA) is 77.2 Å². The molecule has 0 unspecified atom stereocenters. The molecule has 92 valence electrons. The lowest BCUT2D eigenvalue weighted by Crippen LogP contribution is -2.30. The van der Waals surface area contributed by atoms with Crippen LogP contribution in [0.2, 0.25) is 5.15 Å². The van der Waals surface area contributed by atoms with Gasteiger partial charge in [-0.25, -0.2) is 8.42 Å². The molecule has 0 spiro atoms. The first kappa shape index (κ1) is 12.3. The third-order valence-corrected chi connectivity index (χ3v) is 5.04. The summed E-state index contributed by atoms with van der Waals surface area (Å²) in [4.78, 5) is 3.87. The molecule has 2 heterocycles. The van der Waals surface area contributed by atoms with Gasteiger partial charge in [-0.05, 0) is 13.8 Å². The molecule has 0 aliphatic rings. The third kappa shape index (κ3) is 1.79. The van der Waals surface area contributed by atoms with Gasteiger partial charge < -0.3 is 0 Å². The van der Waals surface area contributed by atoms with Crippen LogP contribution >= 0.6 is 11.6 Å². The van der Waals surface area contributed by atoms with Crippen LogP contribution in [-0.4, -0.2) is 34.3 Å². The van der Waals surface area contributed by atoms with Crippen LogP contribution in [0.4, 0.5) is 0 Å². The lowest BCUT2D eigenvalue weighted by atomic mass is 10.2. The van der Waals surface area contributed by atoms with Gasteiger partial charge in [0, 0.05) is 6.26 Å². The highest BCUT2D eigenvalue weighted by Crippen LogP contribution is 2.29. The summed E-state index contributed by atoms with van der Waals surface area (Å²) in [7, 11) is -3.34. The summed E-state index contributed by atoms with van der Waals surface area (Å²) in [6.07, 6.45) is 4.05. The average Bonchev–Trinajstić information content (AvgIpc) is 2.61. The molecule has 17 heavy (non-hydrogen) atoms. The van der Waals surface area contributed by atoms with E-state index >= 15 is 0 Å². The van der Waals surface area contributed by atoms with E-state index in [1.54, 1.807) is 13.8 Å². The molecule has 8 heteroatoms. The van der Waals surface area contributed by atoms with Crippen molar-refractivity contribution in [1.82, 2.24) is 19.6 Å². The highest BCUT2D eigenvalue weighted by Gasteiger charge is 2.37. The molecular weight excluding hydrogens is 264 g/mol. The summed E-state index contributed by atoms with van der Waals surface area (Å²) in [5, 5.41) is 8.04. The van der Waals surface area contributed by atoms with Crippen LogP contribution in [0.3, 0.4) is 0 Å². The lowest BCUT2D eigenvalue weighted by Gasteiger charge is -2.20. The Balaban J connectivity index is 2.82. The van der Waals surface area contributed by atoms with Crippen LogP contribution in [0.1, 0.15) is 19.7 Å². The van der Waals surface area contributed by atoms with Crippen LogP contribution in [-0.2, 0) is 14.6 Å². The zero-order valence-corrected chi connectivity index (χ0v) is 11.1. The number of hydrogen-bond donors (Lipinski definition) is 0. The van der Waals surface area contributed by atoms with Gasteiger partial charge in [0.15, 0.2) is 21.3 Å². The van der Waals surface area contributed by atoms with E-state index in [9.17, 15) is 8.42 Å². The van der Waals surface area contributed by atoms with Crippen LogP contribution in [0.15, 0.2) is 12.4 Å². The molecule has 0 N–H and O–H groups in total. The highest BCUT2D eigenvalue weighted by molar-refractivity contribution is 7.91. The Morgan fingerprint density at radius 2 is 1.94 bits per heavy atom. The van der Waals surface area contributed by atoms with Crippen molar-refractivity contribution in [2.45, 2.75) is 18.6 Å². The summed E-state index contributed by atoms with van der Waals surface area (Å²) in [6.45, 7) is 3.13. The van der Waals surface area contributed by atoms with Crippen molar-refractivity contribution in [3.05, 3.63) is 23.4 Å². The van der Waals surface area contributed by atoms with Crippen molar-refractivity contribution in [2.24, 2.45) is 0 Å². The predicted octanol–water partition coefficient (Wildman–Crippen LogP) is 1.06. The number of nitrogens with zero attached hydrogens (tertiary/aromatic N) is 4. The number of halogens is 1. The van der Waals surface area contributed by atoms with Crippen LogP contribution < -0.4 is 0 Å². The van der Waals surface area contributed by atoms with Crippen molar-refractivity contribution in [3.8, 4) is 0 Å². The summed E-state index contributed by atoms with van der Waals surface area (Å²) in [5.74, 6) is 0.280. The van der Waals surface area contributed by atoms with Crippen molar-refractivity contribution in [1.29, 1.82) is 0 Å². The Kier molecular flexibility index (Phi) is 2.62. The minimum atomic E-state index is -3.34. The molecule has 2 aromatic rings. The maximum absolute atomic E-state index is 11.8. The van der Waals surface area contributed by atoms with Crippen molar-refractivity contribution in [3.63, 3.8) is 0 Å². The van der Waals surface area contributed by atoms with Gasteiger partial charge in [-0.15, -0.1) is 10.2 Å². The Hall–Kier alpha value is -1.21. The lowest BCUT2D eigenvalue weighted by molar-refractivity contribution is 0.547. The van der Waals surface area contributed by atoms with E-state index in [2.05, 4.69) is 15.2 Å². The smallest absolute Gasteiger partial charge is 0.180 e.